The second kappa shape index (κ2) is 12.0. The van der Waals surface area contributed by atoms with Crippen LogP contribution in [0.25, 0.3) is 0 Å². The highest BCUT2D eigenvalue weighted by Gasteiger charge is 2.38. The molecule has 1 saturated carbocycles. The first-order valence-electron chi connectivity index (χ1n) is 11.2. The normalized spacial score (nSPS) is 18.6. The van der Waals surface area contributed by atoms with Crippen LogP contribution in [-0.2, 0) is 27.5 Å². The number of ether oxygens (including phenoxy) is 1. The lowest BCUT2D eigenvalue weighted by Crippen LogP contribution is -2.47. The molecule has 1 aromatic heterocycles. The van der Waals surface area contributed by atoms with Gasteiger partial charge in [0.15, 0.2) is 0 Å². The molecular formula is C23H29F3N4O4. The highest BCUT2D eigenvalue weighted by molar-refractivity contribution is 5.81. The fourth-order valence-corrected chi connectivity index (χ4v) is 4.05. The number of carbonyl (C=O) groups is 2. The van der Waals surface area contributed by atoms with Crippen molar-refractivity contribution in [3.8, 4) is 0 Å². The average molecular weight is 483 g/mol. The molecule has 4 rings (SSSR count). The van der Waals surface area contributed by atoms with Crippen molar-refractivity contribution in [1.29, 1.82) is 0 Å². The van der Waals surface area contributed by atoms with Gasteiger partial charge in [0.2, 0.25) is 5.91 Å². The van der Waals surface area contributed by atoms with E-state index in [1.165, 1.54) is 18.4 Å². The summed E-state index contributed by atoms with van der Waals surface area (Å²) < 4.78 is 39.5. The lowest BCUT2D eigenvalue weighted by atomic mass is 10.1. The number of halogens is 3. The van der Waals surface area contributed by atoms with Gasteiger partial charge in [-0.25, -0.2) is 4.79 Å². The molecule has 34 heavy (non-hydrogen) atoms. The summed E-state index contributed by atoms with van der Waals surface area (Å²) in [5, 5.41) is 14.8. The number of benzene rings is 1. The topological polar surface area (TPSA) is 96.7 Å². The summed E-state index contributed by atoms with van der Waals surface area (Å²) in [7, 11) is 0. The predicted octanol–water partition coefficient (Wildman–Crippen LogP) is 3.15. The van der Waals surface area contributed by atoms with Crippen LogP contribution in [0.4, 0.5) is 13.2 Å². The number of aromatic nitrogens is 2. The second-order valence-corrected chi connectivity index (χ2v) is 8.35. The van der Waals surface area contributed by atoms with Crippen LogP contribution in [0.5, 0.6) is 0 Å². The van der Waals surface area contributed by atoms with Gasteiger partial charge in [0, 0.05) is 31.9 Å². The predicted molar refractivity (Wildman–Crippen MR) is 117 cm³/mol. The molecule has 0 bridgehead atoms. The third-order valence-corrected chi connectivity index (χ3v) is 5.77. The number of alkyl halides is 3. The van der Waals surface area contributed by atoms with E-state index in [4.69, 9.17) is 14.6 Å². The summed E-state index contributed by atoms with van der Waals surface area (Å²) >= 11 is 0. The van der Waals surface area contributed by atoms with E-state index in [2.05, 4.69) is 27.4 Å². The molecule has 1 aliphatic heterocycles. The van der Waals surface area contributed by atoms with Crippen LogP contribution >= 0.6 is 0 Å². The molecule has 2 heterocycles. The summed E-state index contributed by atoms with van der Waals surface area (Å²) in [4.78, 5) is 24.0. The summed E-state index contributed by atoms with van der Waals surface area (Å²) in [5.41, 5.74) is 2.28. The number of rotatable bonds is 7. The maximum atomic E-state index is 12.8. The standard InChI is InChI=1S/C21H28N4O2.C2HF3O2/c26-21(23-18-8-4-5-9-18)20-15-24(14-19-10-11-22-25(19)20)12-13-27-16-17-6-2-1-3-7-17;3-2(4,5)1(6)7/h1-3,6-7,10-11,18,20H,4-5,8-9,12-16H2,(H,23,26);(H,6,7). The minimum atomic E-state index is -5.08. The molecule has 1 unspecified atom stereocenters. The maximum absolute atomic E-state index is 12.8. The number of aliphatic carboxylic acids is 1. The summed E-state index contributed by atoms with van der Waals surface area (Å²) in [5.74, 6) is -2.66. The number of hydrogen-bond donors (Lipinski definition) is 2. The van der Waals surface area contributed by atoms with E-state index in [1.54, 1.807) is 6.20 Å². The number of fused-ring (bicyclic) bond motifs is 1. The van der Waals surface area contributed by atoms with Crippen LogP contribution in [0.15, 0.2) is 42.6 Å². The highest BCUT2D eigenvalue weighted by Crippen LogP contribution is 2.23. The SMILES string of the molecule is O=C(NC1CCCC1)C1CN(CCOCc2ccccc2)Cc2ccnn21.O=C(O)C(F)(F)F. The molecule has 0 radical (unpaired) electrons. The van der Waals surface area contributed by atoms with Crippen LogP contribution in [0.1, 0.15) is 43.0 Å². The monoisotopic (exact) mass is 482 g/mol. The first kappa shape index (κ1) is 25.7. The van der Waals surface area contributed by atoms with E-state index in [9.17, 15) is 18.0 Å². The smallest absolute Gasteiger partial charge is 0.475 e. The quantitative estimate of drug-likeness (QED) is 0.589. The van der Waals surface area contributed by atoms with Gasteiger partial charge in [-0.15, -0.1) is 0 Å². The number of amides is 1. The largest absolute Gasteiger partial charge is 0.490 e. The Kier molecular flexibility index (Phi) is 9.05. The molecule has 2 aromatic rings. The van der Waals surface area contributed by atoms with Crippen molar-refractivity contribution in [2.45, 2.75) is 57.1 Å². The fraction of sp³-hybridized carbons (Fsp3) is 0.522. The highest BCUT2D eigenvalue weighted by atomic mass is 19.4. The van der Waals surface area contributed by atoms with E-state index in [0.717, 1.165) is 31.6 Å². The summed E-state index contributed by atoms with van der Waals surface area (Å²) in [6, 6.07) is 12.3. The number of carboxylic acid groups (broad SMARTS) is 1. The maximum Gasteiger partial charge on any atom is 0.490 e. The first-order valence-corrected chi connectivity index (χ1v) is 11.2. The van der Waals surface area contributed by atoms with Gasteiger partial charge in [-0.05, 0) is 24.5 Å². The Morgan fingerprint density at radius 2 is 1.82 bits per heavy atom. The van der Waals surface area contributed by atoms with Gasteiger partial charge in [-0.2, -0.15) is 18.3 Å². The average Bonchev–Trinajstić information content (AvgIpc) is 3.48. The van der Waals surface area contributed by atoms with Gasteiger partial charge in [-0.3, -0.25) is 14.4 Å². The van der Waals surface area contributed by atoms with Gasteiger partial charge in [0.1, 0.15) is 6.04 Å². The molecule has 0 saturated heterocycles. The Morgan fingerprint density at radius 1 is 1.15 bits per heavy atom. The molecule has 1 atom stereocenters. The number of hydrogen-bond acceptors (Lipinski definition) is 5. The Morgan fingerprint density at radius 3 is 2.47 bits per heavy atom. The Balaban J connectivity index is 0.000000406. The van der Waals surface area contributed by atoms with Crippen molar-refractivity contribution in [2.24, 2.45) is 0 Å². The minimum Gasteiger partial charge on any atom is -0.475 e. The number of nitrogens with zero attached hydrogens (tertiary/aromatic N) is 3. The Hall–Kier alpha value is -2.92. The molecule has 1 amide bonds. The van der Waals surface area contributed by atoms with E-state index >= 15 is 0 Å². The van der Waals surface area contributed by atoms with Gasteiger partial charge >= 0.3 is 12.1 Å². The second-order valence-electron chi connectivity index (χ2n) is 8.35. The minimum absolute atomic E-state index is 0.0988. The van der Waals surface area contributed by atoms with E-state index in [1.807, 2.05) is 28.9 Å². The summed E-state index contributed by atoms with van der Waals surface area (Å²) in [6.45, 7) is 3.58. The zero-order chi connectivity index (χ0) is 24.6. The van der Waals surface area contributed by atoms with Crippen molar-refractivity contribution in [1.82, 2.24) is 20.0 Å². The van der Waals surface area contributed by atoms with Crippen molar-refractivity contribution in [3.63, 3.8) is 0 Å². The van der Waals surface area contributed by atoms with Crippen LogP contribution in [0.2, 0.25) is 0 Å². The lowest BCUT2D eigenvalue weighted by molar-refractivity contribution is -0.192. The lowest BCUT2D eigenvalue weighted by Gasteiger charge is -2.33. The van der Waals surface area contributed by atoms with E-state index in [0.29, 0.717) is 25.8 Å². The van der Waals surface area contributed by atoms with Gasteiger partial charge in [0.25, 0.3) is 0 Å². The fourth-order valence-electron chi connectivity index (χ4n) is 4.05. The number of carbonyl (C=O) groups excluding carboxylic acids is 1. The van der Waals surface area contributed by atoms with Crippen LogP contribution in [0, 0.1) is 0 Å². The molecule has 0 spiro atoms. The van der Waals surface area contributed by atoms with Gasteiger partial charge in [0.05, 0.1) is 18.9 Å². The molecule has 1 fully saturated rings. The molecule has 2 N–H and O–H groups in total. The molecule has 1 aliphatic carbocycles. The molecule has 8 nitrogen and oxygen atoms in total. The van der Waals surface area contributed by atoms with Crippen molar-refractivity contribution >= 4 is 11.9 Å². The van der Waals surface area contributed by atoms with Crippen molar-refractivity contribution < 1.29 is 32.6 Å². The van der Waals surface area contributed by atoms with E-state index < -0.39 is 12.1 Å². The number of carboxylic acids is 1. The Bertz CT molecular complexity index is 930. The van der Waals surface area contributed by atoms with Crippen LogP contribution < -0.4 is 5.32 Å². The third kappa shape index (κ3) is 7.56. The zero-order valence-electron chi connectivity index (χ0n) is 18.7. The van der Waals surface area contributed by atoms with Gasteiger partial charge in [-0.1, -0.05) is 43.2 Å². The molecule has 11 heteroatoms. The molecular weight excluding hydrogens is 453 g/mol. The van der Waals surface area contributed by atoms with Gasteiger partial charge < -0.3 is 15.2 Å². The van der Waals surface area contributed by atoms with Crippen molar-refractivity contribution in [2.75, 3.05) is 19.7 Å². The third-order valence-electron chi connectivity index (χ3n) is 5.77. The molecule has 2 aliphatic rings. The van der Waals surface area contributed by atoms with E-state index in [-0.39, 0.29) is 11.9 Å². The molecule has 186 valence electrons. The number of nitrogens with one attached hydrogen (secondary N) is 1. The van der Waals surface area contributed by atoms with Crippen molar-refractivity contribution in [3.05, 3.63) is 53.9 Å². The zero-order valence-corrected chi connectivity index (χ0v) is 18.7. The van der Waals surface area contributed by atoms with Crippen LogP contribution in [0.3, 0.4) is 0 Å². The van der Waals surface area contributed by atoms with Crippen LogP contribution in [-0.4, -0.2) is 63.6 Å². The first-order chi connectivity index (χ1) is 16.2. The molecule has 1 aromatic carbocycles. The summed E-state index contributed by atoms with van der Waals surface area (Å²) in [6.07, 6.45) is 1.34. The Labute approximate surface area is 195 Å².